The number of aromatic nitrogens is 1. The molecule has 0 aliphatic carbocycles. The lowest BCUT2D eigenvalue weighted by molar-refractivity contribution is 0.301. The van der Waals surface area contributed by atoms with Crippen LogP contribution in [0, 0.1) is 0 Å². The molecule has 0 bridgehead atoms. The molecule has 0 saturated heterocycles. The molecule has 2 rings (SSSR count). The first kappa shape index (κ1) is 12.8. The molecule has 3 nitrogen and oxygen atoms in total. The van der Waals surface area contributed by atoms with Gasteiger partial charge in [-0.15, -0.1) is 11.8 Å². The van der Waals surface area contributed by atoms with Gasteiger partial charge in [0.2, 0.25) is 0 Å². The number of rotatable bonds is 5. The van der Waals surface area contributed by atoms with Crippen LogP contribution in [0.4, 0.5) is 5.82 Å². The number of ether oxygens (including phenoxy) is 1. The van der Waals surface area contributed by atoms with Crippen LogP contribution in [0.15, 0.2) is 47.4 Å². The second-order valence-corrected chi connectivity index (χ2v) is 4.61. The average molecular weight is 260 g/mol. The molecule has 1 aromatic heterocycles. The van der Waals surface area contributed by atoms with E-state index in [0.29, 0.717) is 6.61 Å². The molecule has 0 saturated carbocycles. The van der Waals surface area contributed by atoms with Crippen LogP contribution in [0.2, 0.25) is 0 Å². The van der Waals surface area contributed by atoms with Gasteiger partial charge >= 0.3 is 0 Å². The van der Waals surface area contributed by atoms with Gasteiger partial charge in [-0.05, 0) is 42.7 Å². The molecule has 0 fully saturated rings. The lowest BCUT2D eigenvalue weighted by atomic mass is 10.3. The predicted octanol–water partition coefficient (Wildman–Crippen LogP) is 3.42. The van der Waals surface area contributed by atoms with Gasteiger partial charge in [0, 0.05) is 11.9 Å². The van der Waals surface area contributed by atoms with E-state index in [0.717, 1.165) is 17.3 Å². The Morgan fingerprint density at radius 1 is 1.17 bits per heavy atom. The maximum Gasteiger partial charge on any atom is 0.130 e. The summed E-state index contributed by atoms with van der Waals surface area (Å²) in [6, 6.07) is 13.9. The zero-order valence-electron chi connectivity index (χ0n) is 10.5. The van der Waals surface area contributed by atoms with Crippen LogP contribution in [-0.4, -0.2) is 18.3 Å². The van der Waals surface area contributed by atoms with E-state index in [-0.39, 0.29) is 0 Å². The van der Waals surface area contributed by atoms with Crippen molar-refractivity contribution in [1.82, 2.24) is 4.98 Å². The molecule has 1 heterocycles. The van der Waals surface area contributed by atoms with Crippen molar-refractivity contribution >= 4 is 17.6 Å². The molecule has 2 aromatic rings. The average Bonchev–Trinajstić information content (AvgIpc) is 2.46. The van der Waals surface area contributed by atoms with Crippen LogP contribution in [0.3, 0.4) is 0 Å². The van der Waals surface area contributed by atoms with Crippen LogP contribution in [0.1, 0.15) is 5.69 Å². The highest BCUT2D eigenvalue weighted by Crippen LogP contribution is 2.19. The van der Waals surface area contributed by atoms with Gasteiger partial charge in [0.25, 0.3) is 0 Å². The maximum absolute atomic E-state index is 5.69. The molecule has 1 aromatic carbocycles. The molecule has 1 N–H and O–H groups in total. The van der Waals surface area contributed by atoms with Crippen molar-refractivity contribution in [2.24, 2.45) is 0 Å². The van der Waals surface area contributed by atoms with Crippen LogP contribution in [0.5, 0.6) is 5.75 Å². The number of hydrogen-bond donors (Lipinski definition) is 1. The van der Waals surface area contributed by atoms with E-state index in [4.69, 9.17) is 4.74 Å². The van der Waals surface area contributed by atoms with Crippen molar-refractivity contribution in [2.45, 2.75) is 11.5 Å². The molecular weight excluding hydrogens is 244 g/mol. The Bertz CT molecular complexity index is 499. The van der Waals surface area contributed by atoms with E-state index in [1.165, 1.54) is 4.90 Å². The molecule has 0 spiro atoms. The summed E-state index contributed by atoms with van der Waals surface area (Å²) in [4.78, 5) is 5.63. The van der Waals surface area contributed by atoms with Crippen molar-refractivity contribution in [3.05, 3.63) is 48.2 Å². The van der Waals surface area contributed by atoms with Gasteiger partial charge < -0.3 is 10.1 Å². The Labute approximate surface area is 112 Å². The molecule has 94 valence electrons. The van der Waals surface area contributed by atoms with Crippen molar-refractivity contribution in [3.8, 4) is 5.75 Å². The molecule has 0 atom stereocenters. The smallest absolute Gasteiger partial charge is 0.130 e. The van der Waals surface area contributed by atoms with E-state index in [2.05, 4.69) is 28.7 Å². The highest BCUT2D eigenvalue weighted by Gasteiger charge is 1.99. The first-order chi connectivity index (χ1) is 8.81. The van der Waals surface area contributed by atoms with E-state index in [1.807, 2.05) is 37.4 Å². The largest absolute Gasteiger partial charge is 0.487 e. The molecule has 0 radical (unpaired) electrons. The Hall–Kier alpha value is -1.68. The summed E-state index contributed by atoms with van der Waals surface area (Å²) in [5.74, 6) is 1.72. The fourth-order valence-corrected chi connectivity index (χ4v) is 1.94. The lowest BCUT2D eigenvalue weighted by Crippen LogP contribution is -2.00. The number of nitrogens with one attached hydrogen (secondary N) is 1. The monoisotopic (exact) mass is 260 g/mol. The van der Waals surface area contributed by atoms with Crippen molar-refractivity contribution in [2.75, 3.05) is 18.6 Å². The van der Waals surface area contributed by atoms with E-state index in [9.17, 15) is 0 Å². The summed E-state index contributed by atoms with van der Waals surface area (Å²) in [5, 5.41) is 3.01. The Morgan fingerprint density at radius 2 is 1.94 bits per heavy atom. The molecule has 0 aliphatic heterocycles. The first-order valence-electron chi connectivity index (χ1n) is 5.72. The minimum atomic E-state index is 0.480. The van der Waals surface area contributed by atoms with Gasteiger partial charge in [0.15, 0.2) is 0 Å². The normalized spacial score (nSPS) is 10.1. The number of pyridine rings is 1. The minimum absolute atomic E-state index is 0.480. The van der Waals surface area contributed by atoms with Crippen molar-refractivity contribution in [1.29, 1.82) is 0 Å². The number of nitrogens with zero attached hydrogens (tertiary/aromatic N) is 1. The number of thioether (sulfide) groups is 1. The van der Waals surface area contributed by atoms with Crippen LogP contribution >= 0.6 is 11.8 Å². The van der Waals surface area contributed by atoms with Crippen LogP contribution in [-0.2, 0) is 6.61 Å². The molecule has 0 unspecified atom stereocenters. The minimum Gasteiger partial charge on any atom is -0.487 e. The second-order valence-electron chi connectivity index (χ2n) is 3.73. The summed E-state index contributed by atoms with van der Waals surface area (Å²) in [6.07, 6.45) is 2.06. The van der Waals surface area contributed by atoms with E-state index in [1.54, 1.807) is 11.8 Å². The Balaban J connectivity index is 1.97. The Kier molecular flexibility index (Phi) is 4.47. The third-order valence-electron chi connectivity index (χ3n) is 2.51. The van der Waals surface area contributed by atoms with Gasteiger partial charge in [0.1, 0.15) is 18.2 Å². The standard InChI is InChI=1S/C14H16N2OS/c1-15-14-5-3-4-11(16-14)10-17-12-6-8-13(18-2)9-7-12/h3-9H,10H2,1-2H3,(H,15,16). The van der Waals surface area contributed by atoms with Gasteiger partial charge in [0.05, 0.1) is 5.69 Å². The summed E-state index contributed by atoms with van der Waals surface area (Å²) in [7, 11) is 1.86. The zero-order valence-corrected chi connectivity index (χ0v) is 11.3. The van der Waals surface area contributed by atoms with Crippen LogP contribution in [0.25, 0.3) is 0 Å². The second kappa shape index (κ2) is 6.31. The third kappa shape index (κ3) is 3.40. The number of anilines is 1. The highest BCUT2D eigenvalue weighted by molar-refractivity contribution is 7.98. The zero-order chi connectivity index (χ0) is 12.8. The van der Waals surface area contributed by atoms with Gasteiger partial charge in [-0.3, -0.25) is 0 Å². The maximum atomic E-state index is 5.69. The topological polar surface area (TPSA) is 34.1 Å². The molecule has 0 amide bonds. The fourth-order valence-electron chi connectivity index (χ4n) is 1.53. The molecule has 18 heavy (non-hydrogen) atoms. The van der Waals surface area contributed by atoms with Crippen LogP contribution < -0.4 is 10.1 Å². The summed E-state index contributed by atoms with van der Waals surface area (Å²) in [6.45, 7) is 0.480. The fraction of sp³-hybridized carbons (Fsp3) is 0.214. The number of benzene rings is 1. The third-order valence-corrected chi connectivity index (χ3v) is 3.25. The Morgan fingerprint density at radius 3 is 2.61 bits per heavy atom. The quantitative estimate of drug-likeness (QED) is 0.835. The molecular formula is C14H16N2OS. The SMILES string of the molecule is CNc1cccc(COc2ccc(SC)cc2)n1. The summed E-state index contributed by atoms with van der Waals surface area (Å²) >= 11 is 1.72. The van der Waals surface area contributed by atoms with Gasteiger partial charge in [-0.1, -0.05) is 6.07 Å². The lowest BCUT2D eigenvalue weighted by Gasteiger charge is -2.07. The van der Waals surface area contributed by atoms with E-state index < -0.39 is 0 Å². The molecule has 0 aliphatic rings. The predicted molar refractivity (Wildman–Crippen MR) is 76.3 cm³/mol. The van der Waals surface area contributed by atoms with E-state index >= 15 is 0 Å². The summed E-state index contributed by atoms with van der Waals surface area (Å²) in [5.41, 5.74) is 0.913. The first-order valence-corrected chi connectivity index (χ1v) is 6.95. The van der Waals surface area contributed by atoms with Gasteiger partial charge in [-0.2, -0.15) is 0 Å². The molecule has 4 heteroatoms. The van der Waals surface area contributed by atoms with Crippen molar-refractivity contribution in [3.63, 3.8) is 0 Å². The van der Waals surface area contributed by atoms with Gasteiger partial charge in [-0.25, -0.2) is 4.98 Å². The number of hydrogen-bond acceptors (Lipinski definition) is 4. The van der Waals surface area contributed by atoms with Crippen molar-refractivity contribution < 1.29 is 4.74 Å². The highest BCUT2D eigenvalue weighted by atomic mass is 32.2. The summed E-state index contributed by atoms with van der Waals surface area (Å²) < 4.78 is 5.69.